The van der Waals surface area contributed by atoms with Gasteiger partial charge in [-0.15, -0.1) is 0 Å². The number of anilines is 1. The SMILES string of the molecule is N#Cc1ccnc(N2CC[C@](NC(=O)c3cc(F)ccc3F)(c3ccccc3)[C@H](O)C2)c1. The molecule has 2 heterocycles. The number of hydrogen-bond acceptors (Lipinski definition) is 5. The van der Waals surface area contributed by atoms with E-state index in [1.165, 1.54) is 6.20 Å². The molecular formula is C24H20F2N4O2. The normalized spacial score (nSPS) is 20.4. The summed E-state index contributed by atoms with van der Waals surface area (Å²) in [7, 11) is 0. The molecule has 3 aromatic rings. The Morgan fingerprint density at radius 3 is 2.69 bits per heavy atom. The first-order valence-electron chi connectivity index (χ1n) is 10.1. The molecule has 0 aliphatic carbocycles. The van der Waals surface area contributed by atoms with Gasteiger partial charge in [-0.05, 0) is 42.3 Å². The van der Waals surface area contributed by atoms with Gasteiger partial charge in [0.25, 0.3) is 5.91 Å². The summed E-state index contributed by atoms with van der Waals surface area (Å²) in [6, 6.07) is 16.9. The molecule has 0 saturated carbocycles. The number of carbonyl (C=O) groups excluding carboxylic acids is 1. The minimum atomic E-state index is -1.22. The first-order chi connectivity index (χ1) is 15.4. The number of hydrogen-bond donors (Lipinski definition) is 2. The molecule has 0 bridgehead atoms. The van der Waals surface area contributed by atoms with Gasteiger partial charge in [-0.25, -0.2) is 13.8 Å². The molecule has 32 heavy (non-hydrogen) atoms. The third-order valence-corrected chi connectivity index (χ3v) is 5.74. The molecule has 8 heteroatoms. The van der Waals surface area contributed by atoms with Gasteiger partial charge in [-0.1, -0.05) is 30.3 Å². The van der Waals surface area contributed by atoms with Crippen molar-refractivity contribution in [3.63, 3.8) is 0 Å². The number of aromatic nitrogens is 1. The van der Waals surface area contributed by atoms with Gasteiger partial charge in [0.2, 0.25) is 0 Å². The molecule has 0 spiro atoms. The number of aliphatic hydroxyl groups is 1. The molecule has 1 aromatic heterocycles. The van der Waals surface area contributed by atoms with E-state index in [9.17, 15) is 18.7 Å². The first kappa shape index (κ1) is 21.4. The van der Waals surface area contributed by atoms with E-state index in [2.05, 4.69) is 16.4 Å². The number of nitrogens with zero attached hydrogens (tertiary/aromatic N) is 3. The molecular weight excluding hydrogens is 414 g/mol. The van der Waals surface area contributed by atoms with Crippen molar-refractivity contribution in [2.45, 2.75) is 18.1 Å². The van der Waals surface area contributed by atoms with Crippen molar-refractivity contribution < 1.29 is 18.7 Å². The number of rotatable bonds is 4. The number of aliphatic hydroxyl groups excluding tert-OH is 1. The Labute approximate surface area is 183 Å². The molecule has 2 atom stereocenters. The van der Waals surface area contributed by atoms with Crippen molar-refractivity contribution in [3.05, 3.63) is 95.2 Å². The van der Waals surface area contributed by atoms with Crippen molar-refractivity contribution in [2.24, 2.45) is 0 Å². The minimum absolute atomic E-state index is 0.114. The Morgan fingerprint density at radius 1 is 1.19 bits per heavy atom. The lowest BCUT2D eigenvalue weighted by atomic mass is 9.78. The molecule has 1 amide bonds. The van der Waals surface area contributed by atoms with Crippen LogP contribution in [-0.2, 0) is 5.54 Å². The van der Waals surface area contributed by atoms with Crippen LogP contribution in [-0.4, -0.2) is 35.2 Å². The zero-order chi connectivity index (χ0) is 22.7. The molecule has 1 aliphatic heterocycles. The Kier molecular flexibility index (Phi) is 5.84. The van der Waals surface area contributed by atoms with Crippen LogP contribution in [0.2, 0.25) is 0 Å². The predicted octanol–water partition coefficient (Wildman–Crippen LogP) is 3.13. The van der Waals surface area contributed by atoms with Gasteiger partial charge in [0.15, 0.2) is 0 Å². The Morgan fingerprint density at radius 2 is 1.97 bits per heavy atom. The molecule has 0 unspecified atom stereocenters. The van der Waals surface area contributed by atoms with E-state index in [1.807, 2.05) is 11.0 Å². The van der Waals surface area contributed by atoms with E-state index in [1.54, 1.807) is 36.4 Å². The van der Waals surface area contributed by atoms with Crippen molar-refractivity contribution in [2.75, 3.05) is 18.0 Å². The summed E-state index contributed by atoms with van der Waals surface area (Å²) in [5.41, 5.74) is -0.561. The second-order valence-corrected chi connectivity index (χ2v) is 7.64. The molecule has 2 aromatic carbocycles. The number of β-amino-alcohol motifs (C(OH)–C–C–N with tert-alkyl or cyclic N) is 1. The summed E-state index contributed by atoms with van der Waals surface area (Å²) >= 11 is 0. The van der Waals surface area contributed by atoms with Crippen LogP contribution in [0.15, 0.2) is 66.9 Å². The van der Waals surface area contributed by atoms with Gasteiger partial charge in [0.1, 0.15) is 17.5 Å². The zero-order valence-electron chi connectivity index (χ0n) is 17.0. The number of carbonyl (C=O) groups is 1. The lowest BCUT2D eigenvalue weighted by Gasteiger charge is -2.46. The van der Waals surface area contributed by atoms with Crippen molar-refractivity contribution in [1.82, 2.24) is 10.3 Å². The number of nitriles is 1. The molecule has 6 nitrogen and oxygen atoms in total. The third kappa shape index (κ3) is 4.03. The topological polar surface area (TPSA) is 89.3 Å². The average molecular weight is 434 g/mol. The van der Waals surface area contributed by atoms with Crippen LogP contribution in [0, 0.1) is 23.0 Å². The van der Waals surface area contributed by atoms with Gasteiger partial charge in [-0.3, -0.25) is 4.79 Å². The minimum Gasteiger partial charge on any atom is -0.388 e. The highest BCUT2D eigenvalue weighted by Crippen LogP contribution is 2.35. The van der Waals surface area contributed by atoms with E-state index in [4.69, 9.17) is 5.26 Å². The Hall–Kier alpha value is -3.83. The number of piperidine rings is 1. The van der Waals surface area contributed by atoms with Crippen LogP contribution in [0.1, 0.15) is 27.9 Å². The lowest BCUT2D eigenvalue weighted by molar-refractivity contribution is 0.0363. The first-order valence-corrected chi connectivity index (χ1v) is 10.1. The summed E-state index contributed by atoms with van der Waals surface area (Å²) in [6.45, 7) is 0.516. The highest BCUT2D eigenvalue weighted by molar-refractivity contribution is 5.95. The maximum absolute atomic E-state index is 14.2. The second kappa shape index (κ2) is 8.73. The van der Waals surface area contributed by atoms with Crippen LogP contribution >= 0.6 is 0 Å². The quantitative estimate of drug-likeness (QED) is 0.659. The maximum atomic E-state index is 14.2. The molecule has 162 valence electrons. The van der Waals surface area contributed by atoms with Crippen LogP contribution < -0.4 is 10.2 Å². The smallest absolute Gasteiger partial charge is 0.255 e. The van der Waals surface area contributed by atoms with Gasteiger partial charge < -0.3 is 15.3 Å². The van der Waals surface area contributed by atoms with E-state index < -0.39 is 34.7 Å². The van der Waals surface area contributed by atoms with Crippen LogP contribution in [0.5, 0.6) is 0 Å². The van der Waals surface area contributed by atoms with Crippen LogP contribution in [0.4, 0.5) is 14.6 Å². The molecule has 1 aliphatic rings. The summed E-state index contributed by atoms with van der Waals surface area (Å²) < 4.78 is 27.9. The zero-order valence-corrected chi connectivity index (χ0v) is 17.0. The maximum Gasteiger partial charge on any atom is 0.255 e. The average Bonchev–Trinajstić information content (AvgIpc) is 2.82. The van der Waals surface area contributed by atoms with Crippen LogP contribution in [0.3, 0.4) is 0 Å². The highest BCUT2D eigenvalue weighted by atomic mass is 19.1. The highest BCUT2D eigenvalue weighted by Gasteiger charge is 2.45. The fourth-order valence-corrected chi connectivity index (χ4v) is 4.03. The van der Waals surface area contributed by atoms with Gasteiger partial charge >= 0.3 is 0 Å². The summed E-state index contributed by atoms with van der Waals surface area (Å²) in [5, 5.41) is 23.2. The van der Waals surface area contributed by atoms with Crippen LogP contribution in [0.25, 0.3) is 0 Å². The number of halogens is 2. The van der Waals surface area contributed by atoms with E-state index in [0.29, 0.717) is 23.5 Å². The summed E-state index contributed by atoms with van der Waals surface area (Å²) in [4.78, 5) is 19.1. The monoisotopic (exact) mass is 434 g/mol. The van der Waals surface area contributed by atoms with E-state index in [-0.39, 0.29) is 13.0 Å². The van der Waals surface area contributed by atoms with Crippen molar-refractivity contribution in [1.29, 1.82) is 5.26 Å². The Balaban J connectivity index is 1.67. The van der Waals surface area contributed by atoms with E-state index >= 15 is 0 Å². The lowest BCUT2D eigenvalue weighted by Crippen LogP contribution is -2.62. The number of amides is 1. The van der Waals surface area contributed by atoms with E-state index in [0.717, 1.165) is 18.2 Å². The summed E-state index contributed by atoms with van der Waals surface area (Å²) in [6.07, 6.45) is 0.708. The van der Waals surface area contributed by atoms with Gasteiger partial charge in [-0.2, -0.15) is 5.26 Å². The fourth-order valence-electron chi connectivity index (χ4n) is 4.03. The fraction of sp³-hybridized carbons (Fsp3) is 0.208. The van der Waals surface area contributed by atoms with Crippen molar-refractivity contribution >= 4 is 11.7 Å². The molecule has 4 rings (SSSR count). The molecule has 0 radical (unpaired) electrons. The molecule has 1 fully saturated rings. The largest absolute Gasteiger partial charge is 0.388 e. The van der Waals surface area contributed by atoms with Crippen molar-refractivity contribution in [3.8, 4) is 6.07 Å². The summed E-state index contributed by atoms with van der Waals surface area (Å²) in [5.74, 6) is -1.86. The number of nitrogens with one attached hydrogen (secondary N) is 1. The standard InChI is InChI=1S/C24H20F2N4O2/c25-18-6-7-20(26)19(13-18)23(32)29-24(17-4-2-1-3-5-17)9-11-30(15-21(24)31)22-12-16(14-27)8-10-28-22/h1-8,10,12-13,21,31H,9,11,15H2,(H,29,32)/t21-,24+/m1/s1. The predicted molar refractivity (Wildman–Crippen MR) is 114 cm³/mol. The van der Waals surface area contributed by atoms with Gasteiger partial charge in [0.05, 0.1) is 28.8 Å². The second-order valence-electron chi connectivity index (χ2n) is 7.64. The van der Waals surface area contributed by atoms with Gasteiger partial charge in [0, 0.05) is 19.3 Å². The third-order valence-electron chi connectivity index (χ3n) is 5.74. The number of benzene rings is 2. The molecule has 1 saturated heterocycles. The Bertz CT molecular complexity index is 1180. The number of pyridine rings is 1. The molecule has 2 N–H and O–H groups in total.